The number of nitriles is 2. The smallest absolute Gasteiger partial charge is 0.314 e. The first kappa shape index (κ1) is 18.8. The maximum absolute atomic E-state index is 12.5. The second-order valence-electron chi connectivity index (χ2n) is 6.40. The van der Waals surface area contributed by atoms with Crippen LogP contribution in [0.5, 0.6) is 11.5 Å². The van der Waals surface area contributed by atoms with Crippen molar-refractivity contribution >= 4 is 5.97 Å². The number of carbonyl (C=O) groups excluding carboxylic acids is 1. The molecule has 25 heavy (non-hydrogen) atoms. The van der Waals surface area contributed by atoms with Gasteiger partial charge in [0.15, 0.2) is 0 Å². The van der Waals surface area contributed by atoms with Crippen LogP contribution < -0.4 is 9.47 Å². The molecule has 1 aliphatic rings. The minimum absolute atomic E-state index is 0.0569. The first-order chi connectivity index (χ1) is 12.1. The topological polar surface area (TPSA) is 83.1 Å². The first-order valence-corrected chi connectivity index (χ1v) is 8.96. The van der Waals surface area contributed by atoms with Crippen LogP contribution in [0.25, 0.3) is 0 Å². The minimum atomic E-state index is -0.306. The number of carbonyl (C=O) groups is 1. The van der Waals surface area contributed by atoms with Crippen LogP contribution in [0.2, 0.25) is 0 Å². The van der Waals surface area contributed by atoms with Crippen molar-refractivity contribution in [2.24, 2.45) is 11.8 Å². The molecule has 5 heteroatoms. The molecule has 132 valence electrons. The summed E-state index contributed by atoms with van der Waals surface area (Å²) < 4.78 is 10.8. The van der Waals surface area contributed by atoms with Gasteiger partial charge in [0.05, 0.1) is 12.5 Å². The van der Waals surface area contributed by atoms with Crippen molar-refractivity contribution in [2.75, 3.05) is 6.61 Å². The van der Waals surface area contributed by atoms with E-state index in [1.807, 2.05) is 12.1 Å². The Labute approximate surface area is 149 Å². The van der Waals surface area contributed by atoms with Gasteiger partial charge in [0.2, 0.25) is 0 Å². The van der Waals surface area contributed by atoms with E-state index in [9.17, 15) is 15.3 Å². The SMILES string of the molecule is CCCC1CCC(C(=O)Oc2ccc(OCC)c(C#N)c2C#N)CC1. The van der Waals surface area contributed by atoms with Crippen LogP contribution in [0.15, 0.2) is 12.1 Å². The summed E-state index contributed by atoms with van der Waals surface area (Å²) in [4.78, 5) is 12.5. The Hall–Kier alpha value is -2.53. The van der Waals surface area contributed by atoms with Gasteiger partial charge in [0.1, 0.15) is 34.8 Å². The summed E-state index contributed by atoms with van der Waals surface area (Å²) >= 11 is 0. The summed E-state index contributed by atoms with van der Waals surface area (Å²) in [6.45, 7) is 4.37. The maximum Gasteiger partial charge on any atom is 0.314 e. The molecule has 0 bridgehead atoms. The van der Waals surface area contributed by atoms with Gasteiger partial charge >= 0.3 is 5.97 Å². The molecule has 0 atom stereocenters. The third kappa shape index (κ3) is 4.51. The van der Waals surface area contributed by atoms with Crippen molar-refractivity contribution in [1.82, 2.24) is 0 Å². The predicted octanol–water partition coefficient (Wildman–Crippen LogP) is 4.34. The van der Waals surface area contributed by atoms with Crippen molar-refractivity contribution in [3.8, 4) is 23.6 Å². The molecule has 2 rings (SSSR count). The van der Waals surface area contributed by atoms with Crippen LogP contribution in [0.1, 0.15) is 63.5 Å². The molecule has 0 saturated heterocycles. The van der Waals surface area contributed by atoms with Crippen molar-refractivity contribution < 1.29 is 14.3 Å². The summed E-state index contributed by atoms with van der Waals surface area (Å²) in [6.07, 6.45) is 6.14. The lowest BCUT2D eigenvalue weighted by molar-refractivity contribution is -0.140. The van der Waals surface area contributed by atoms with Crippen LogP contribution in [0.4, 0.5) is 0 Å². The van der Waals surface area contributed by atoms with Crippen LogP contribution in [0, 0.1) is 34.5 Å². The highest BCUT2D eigenvalue weighted by molar-refractivity contribution is 5.77. The molecule has 0 unspecified atom stereocenters. The molecule has 0 amide bonds. The zero-order valence-electron chi connectivity index (χ0n) is 14.9. The lowest BCUT2D eigenvalue weighted by Gasteiger charge is -2.27. The van der Waals surface area contributed by atoms with Crippen molar-refractivity contribution in [1.29, 1.82) is 10.5 Å². The molecule has 1 fully saturated rings. The Morgan fingerprint density at radius 2 is 1.68 bits per heavy atom. The predicted molar refractivity (Wildman–Crippen MR) is 93.0 cm³/mol. The molecule has 0 aliphatic heterocycles. The fraction of sp³-hybridized carbons (Fsp3) is 0.550. The van der Waals surface area contributed by atoms with Gasteiger partial charge in [-0.15, -0.1) is 0 Å². The van der Waals surface area contributed by atoms with Gasteiger partial charge in [-0.1, -0.05) is 19.8 Å². The molecule has 0 spiro atoms. The molecular weight excluding hydrogens is 316 g/mol. The quantitative estimate of drug-likeness (QED) is 0.568. The summed E-state index contributed by atoms with van der Waals surface area (Å²) in [5, 5.41) is 18.7. The Kier molecular flexibility index (Phi) is 6.83. The number of hydrogen-bond donors (Lipinski definition) is 0. The maximum atomic E-state index is 12.5. The van der Waals surface area contributed by atoms with Crippen molar-refractivity contribution in [2.45, 2.75) is 52.4 Å². The fourth-order valence-electron chi connectivity index (χ4n) is 3.43. The third-order valence-corrected chi connectivity index (χ3v) is 4.74. The van der Waals surface area contributed by atoms with E-state index in [4.69, 9.17) is 9.47 Å². The summed E-state index contributed by atoms with van der Waals surface area (Å²) in [6, 6.07) is 7.05. The highest BCUT2D eigenvalue weighted by Crippen LogP contribution is 2.34. The number of rotatable bonds is 6. The number of benzene rings is 1. The molecule has 0 radical (unpaired) electrons. The lowest BCUT2D eigenvalue weighted by Crippen LogP contribution is -2.26. The Morgan fingerprint density at radius 1 is 1.08 bits per heavy atom. The number of hydrogen-bond acceptors (Lipinski definition) is 5. The molecule has 0 heterocycles. The second kappa shape index (κ2) is 9.08. The molecule has 5 nitrogen and oxygen atoms in total. The van der Waals surface area contributed by atoms with E-state index in [0.29, 0.717) is 18.3 Å². The largest absolute Gasteiger partial charge is 0.492 e. The number of nitrogens with zero attached hydrogens (tertiary/aromatic N) is 2. The second-order valence-corrected chi connectivity index (χ2v) is 6.40. The number of ether oxygens (including phenoxy) is 2. The molecule has 0 aromatic heterocycles. The minimum Gasteiger partial charge on any atom is -0.492 e. The molecule has 1 aliphatic carbocycles. The molecular formula is C20H24N2O3. The number of esters is 1. The van der Waals surface area contributed by atoms with E-state index in [-0.39, 0.29) is 28.8 Å². The Bertz CT molecular complexity index is 692. The normalized spacial score (nSPS) is 19.5. The first-order valence-electron chi connectivity index (χ1n) is 8.96. The molecule has 1 saturated carbocycles. The van der Waals surface area contributed by atoms with Crippen LogP contribution >= 0.6 is 0 Å². The van der Waals surface area contributed by atoms with Crippen LogP contribution in [-0.4, -0.2) is 12.6 Å². The zero-order valence-corrected chi connectivity index (χ0v) is 14.9. The highest BCUT2D eigenvalue weighted by Gasteiger charge is 2.28. The monoisotopic (exact) mass is 340 g/mol. The van der Waals surface area contributed by atoms with Crippen molar-refractivity contribution in [3.63, 3.8) is 0 Å². The Balaban J connectivity index is 2.11. The van der Waals surface area contributed by atoms with Gasteiger partial charge in [-0.2, -0.15) is 10.5 Å². The highest BCUT2D eigenvalue weighted by atomic mass is 16.5. The van der Waals surface area contributed by atoms with E-state index < -0.39 is 0 Å². The van der Waals surface area contributed by atoms with Gasteiger partial charge in [0.25, 0.3) is 0 Å². The molecule has 1 aromatic carbocycles. The van der Waals surface area contributed by atoms with E-state index in [1.165, 1.54) is 18.9 Å². The van der Waals surface area contributed by atoms with Gasteiger partial charge in [-0.25, -0.2) is 0 Å². The van der Waals surface area contributed by atoms with E-state index >= 15 is 0 Å². The van der Waals surface area contributed by atoms with Gasteiger partial charge in [-0.3, -0.25) is 4.79 Å². The van der Waals surface area contributed by atoms with E-state index in [2.05, 4.69) is 6.92 Å². The van der Waals surface area contributed by atoms with E-state index in [0.717, 1.165) is 25.7 Å². The van der Waals surface area contributed by atoms with Gasteiger partial charge in [-0.05, 0) is 50.7 Å². The van der Waals surface area contributed by atoms with Crippen molar-refractivity contribution in [3.05, 3.63) is 23.3 Å². The van der Waals surface area contributed by atoms with Gasteiger partial charge < -0.3 is 9.47 Å². The van der Waals surface area contributed by atoms with Crippen LogP contribution in [-0.2, 0) is 4.79 Å². The standard InChI is InChI=1S/C20H24N2O3/c1-3-5-14-6-8-15(9-7-14)20(23)25-19-11-10-18(24-4-2)16(12-21)17(19)13-22/h10-11,14-15H,3-9H2,1-2H3. The molecule has 1 aromatic rings. The summed E-state index contributed by atoms with van der Waals surface area (Å²) in [7, 11) is 0. The summed E-state index contributed by atoms with van der Waals surface area (Å²) in [5.74, 6) is 0.750. The fourth-order valence-corrected chi connectivity index (χ4v) is 3.43. The van der Waals surface area contributed by atoms with Gasteiger partial charge in [0, 0.05) is 0 Å². The van der Waals surface area contributed by atoms with E-state index in [1.54, 1.807) is 13.0 Å². The average Bonchev–Trinajstić information content (AvgIpc) is 2.63. The zero-order chi connectivity index (χ0) is 18.2. The summed E-state index contributed by atoms with van der Waals surface area (Å²) in [5.41, 5.74) is 0.169. The van der Waals surface area contributed by atoms with Crippen LogP contribution in [0.3, 0.4) is 0 Å². The lowest BCUT2D eigenvalue weighted by atomic mass is 9.80. The average molecular weight is 340 g/mol. The Morgan fingerprint density at radius 3 is 2.24 bits per heavy atom. The third-order valence-electron chi connectivity index (χ3n) is 4.74. The molecule has 0 N–H and O–H groups in total.